The Hall–Kier alpha value is -4.27. The molecule has 0 aliphatic heterocycles. The molecule has 3 aromatic rings. The maximum Gasteiger partial charge on any atom is 0.338 e. The van der Waals surface area contributed by atoms with Gasteiger partial charge in [0.1, 0.15) is 17.3 Å². The molecule has 0 N–H and O–H groups in total. The Kier molecular flexibility index (Phi) is 6.56. The Labute approximate surface area is 176 Å². The number of benzene rings is 2. The number of halogens is 1. The van der Waals surface area contributed by atoms with Crippen LogP contribution in [0.5, 0.6) is 11.5 Å². The lowest BCUT2D eigenvalue weighted by Crippen LogP contribution is -2.07. The van der Waals surface area contributed by atoms with Crippen LogP contribution >= 0.6 is 0 Å². The van der Waals surface area contributed by atoms with Gasteiger partial charge in [0.2, 0.25) is 12.7 Å². The van der Waals surface area contributed by atoms with E-state index in [1.54, 1.807) is 31.2 Å². The third kappa shape index (κ3) is 5.41. The van der Waals surface area contributed by atoms with Gasteiger partial charge < -0.3 is 18.6 Å². The van der Waals surface area contributed by atoms with Crippen LogP contribution in [0.15, 0.2) is 71.7 Å². The number of aromatic nitrogens is 2. The number of hydrogen-bond donors (Lipinski definition) is 0. The first-order valence-corrected chi connectivity index (χ1v) is 8.91. The summed E-state index contributed by atoms with van der Waals surface area (Å²) in [7, 11) is 0. The Morgan fingerprint density at radius 1 is 1.10 bits per heavy atom. The van der Waals surface area contributed by atoms with Gasteiger partial charge in [0.05, 0.1) is 5.56 Å². The molecule has 0 bridgehead atoms. The van der Waals surface area contributed by atoms with Crippen molar-refractivity contribution in [2.24, 2.45) is 0 Å². The van der Waals surface area contributed by atoms with Crippen LogP contribution < -0.4 is 9.47 Å². The molecule has 1 heterocycles. The molecule has 0 aliphatic carbocycles. The summed E-state index contributed by atoms with van der Waals surface area (Å²) in [5.74, 6) is -1.25. The fraction of sp³-hybridized carbons (Fsp3) is 0.0909. The van der Waals surface area contributed by atoms with Gasteiger partial charge in [0.25, 0.3) is 5.89 Å². The molecule has 8 nitrogen and oxygen atoms in total. The van der Waals surface area contributed by atoms with Crippen LogP contribution in [0.2, 0.25) is 0 Å². The van der Waals surface area contributed by atoms with Crippen LogP contribution in [0.1, 0.15) is 6.92 Å². The smallest absolute Gasteiger partial charge is 0.338 e. The van der Waals surface area contributed by atoms with E-state index in [1.807, 2.05) is 0 Å². The molecular formula is C22H17FN2O6. The predicted molar refractivity (Wildman–Crippen MR) is 107 cm³/mol. The van der Waals surface area contributed by atoms with E-state index in [2.05, 4.69) is 28.1 Å². The second kappa shape index (κ2) is 9.49. The van der Waals surface area contributed by atoms with Crippen LogP contribution in [0.25, 0.3) is 22.9 Å². The third-order valence-electron chi connectivity index (χ3n) is 3.85. The zero-order chi connectivity index (χ0) is 22.4. The van der Waals surface area contributed by atoms with Gasteiger partial charge in [0.15, 0.2) is 0 Å². The lowest BCUT2D eigenvalue weighted by Gasteiger charge is -2.07. The second-order valence-corrected chi connectivity index (χ2v) is 6.18. The largest absolute Gasteiger partial charge is 0.457 e. The van der Waals surface area contributed by atoms with Crippen molar-refractivity contribution in [3.8, 4) is 34.4 Å². The van der Waals surface area contributed by atoms with Gasteiger partial charge in [-0.2, -0.15) is 0 Å². The van der Waals surface area contributed by atoms with Crippen LogP contribution in [0.3, 0.4) is 0 Å². The maximum atomic E-state index is 14.5. The molecule has 9 heteroatoms. The summed E-state index contributed by atoms with van der Waals surface area (Å²) in [5, 5.41) is 7.79. The molecule has 158 valence electrons. The van der Waals surface area contributed by atoms with E-state index in [0.29, 0.717) is 11.3 Å². The molecule has 1 aromatic heterocycles. The summed E-state index contributed by atoms with van der Waals surface area (Å²) in [6.45, 7) is 7.94. The molecule has 3 rings (SSSR count). The topological polar surface area (TPSA) is 101 Å². The van der Waals surface area contributed by atoms with Crippen molar-refractivity contribution in [3.05, 3.63) is 73.1 Å². The molecule has 0 spiro atoms. The number of hydrogen-bond acceptors (Lipinski definition) is 8. The molecule has 0 aliphatic rings. The monoisotopic (exact) mass is 424 g/mol. The SMILES string of the molecule is C=CC(=O)OCOc1ccc(-c2nnc(-c3ccc(OC(=O)C(=C)C)cc3)o2)c(F)c1. The quantitative estimate of drug-likeness (QED) is 0.231. The van der Waals surface area contributed by atoms with Gasteiger partial charge in [-0.05, 0) is 43.3 Å². The van der Waals surface area contributed by atoms with Crippen molar-refractivity contribution >= 4 is 11.9 Å². The molecule has 0 amide bonds. The lowest BCUT2D eigenvalue weighted by molar-refractivity contribution is -0.144. The fourth-order valence-corrected chi connectivity index (χ4v) is 2.28. The van der Waals surface area contributed by atoms with Crippen molar-refractivity contribution in [2.45, 2.75) is 6.92 Å². The molecule has 0 atom stereocenters. The standard InChI is InChI=1S/C22H17FN2O6/c1-4-19(26)29-12-28-16-9-10-17(18(23)11-16)21-25-24-20(31-21)14-5-7-15(8-6-14)30-22(27)13(2)3/h4-11H,1-2,12H2,3H3. The zero-order valence-corrected chi connectivity index (χ0v) is 16.5. The Morgan fingerprint density at radius 3 is 2.42 bits per heavy atom. The summed E-state index contributed by atoms with van der Waals surface area (Å²) in [6.07, 6.45) is 0.989. The van der Waals surface area contributed by atoms with Crippen LogP contribution in [0, 0.1) is 5.82 Å². The average Bonchev–Trinajstić information content (AvgIpc) is 3.24. The molecule has 0 fully saturated rings. The minimum Gasteiger partial charge on any atom is -0.457 e. The van der Waals surface area contributed by atoms with Crippen molar-refractivity contribution in [3.63, 3.8) is 0 Å². The summed E-state index contributed by atoms with van der Waals surface area (Å²) in [6, 6.07) is 10.3. The second-order valence-electron chi connectivity index (χ2n) is 6.18. The first-order valence-electron chi connectivity index (χ1n) is 8.91. The zero-order valence-electron chi connectivity index (χ0n) is 16.5. The highest BCUT2D eigenvalue weighted by atomic mass is 19.1. The number of carbonyl (C=O) groups is 2. The molecule has 2 aromatic carbocycles. The molecule has 0 saturated heterocycles. The third-order valence-corrected chi connectivity index (χ3v) is 3.85. The van der Waals surface area contributed by atoms with Crippen molar-refractivity contribution < 1.29 is 32.6 Å². The highest BCUT2D eigenvalue weighted by Gasteiger charge is 2.16. The summed E-state index contributed by atoms with van der Waals surface area (Å²) < 4.78 is 34.9. The molecule has 0 saturated carbocycles. The van der Waals surface area contributed by atoms with Gasteiger partial charge in [-0.3, -0.25) is 0 Å². The minimum absolute atomic E-state index is 0.0325. The molecular weight excluding hydrogens is 407 g/mol. The maximum absolute atomic E-state index is 14.5. The Balaban J connectivity index is 1.70. The summed E-state index contributed by atoms with van der Waals surface area (Å²) in [4.78, 5) is 22.5. The molecule has 31 heavy (non-hydrogen) atoms. The summed E-state index contributed by atoms with van der Waals surface area (Å²) in [5.41, 5.74) is 0.904. The van der Waals surface area contributed by atoms with Gasteiger partial charge in [-0.1, -0.05) is 13.2 Å². The average molecular weight is 424 g/mol. The highest BCUT2D eigenvalue weighted by Crippen LogP contribution is 2.29. The van der Waals surface area contributed by atoms with Gasteiger partial charge in [0, 0.05) is 23.3 Å². The molecule has 0 unspecified atom stereocenters. The summed E-state index contributed by atoms with van der Waals surface area (Å²) >= 11 is 0. The highest BCUT2D eigenvalue weighted by molar-refractivity contribution is 5.88. The van der Waals surface area contributed by atoms with E-state index in [9.17, 15) is 14.0 Å². The van der Waals surface area contributed by atoms with Crippen molar-refractivity contribution in [1.29, 1.82) is 0 Å². The number of esters is 2. The van der Waals surface area contributed by atoms with Crippen molar-refractivity contribution in [2.75, 3.05) is 6.79 Å². The van der Waals surface area contributed by atoms with Crippen LogP contribution in [-0.2, 0) is 14.3 Å². The number of rotatable bonds is 8. The first-order chi connectivity index (χ1) is 14.9. The van der Waals surface area contributed by atoms with E-state index < -0.39 is 17.8 Å². The van der Waals surface area contributed by atoms with E-state index in [4.69, 9.17) is 13.9 Å². The van der Waals surface area contributed by atoms with E-state index in [-0.39, 0.29) is 35.5 Å². The van der Waals surface area contributed by atoms with Crippen LogP contribution in [-0.4, -0.2) is 28.9 Å². The fourth-order valence-electron chi connectivity index (χ4n) is 2.28. The first kappa shape index (κ1) is 21.4. The van der Waals surface area contributed by atoms with E-state index >= 15 is 0 Å². The lowest BCUT2D eigenvalue weighted by atomic mass is 10.2. The van der Waals surface area contributed by atoms with Crippen molar-refractivity contribution in [1.82, 2.24) is 10.2 Å². The number of carbonyl (C=O) groups excluding carboxylic acids is 2. The normalized spacial score (nSPS) is 10.3. The minimum atomic E-state index is -0.662. The number of nitrogens with zero attached hydrogens (tertiary/aromatic N) is 2. The van der Waals surface area contributed by atoms with E-state index in [0.717, 1.165) is 12.1 Å². The van der Waals surface area contributed by atoms with Gasteiger partial charge >= 0.3 is 11.9 Å². The predicted octanol–water partition coefficient (Wildman–Crippen LogP) is 4.09. The van der Waals surface area contributed by atoms with Gasteiger partial charge in [-0.25, -0.2) is 14.0 Å². The Bertz CT molecular complexity index is 1140. The van der Waals surface area contributed by atoms with Gasteiger partial charge in [-0.15, -0.1) is 10.2 Å². The van der Waals surface area contributed by atoms with Crippen LogP contribution in [0.4, 0.5) is 4.39 Å². The Morgan fingerprint density at radius 2 is 1.77 bits per heavy atom. The number of ether oxygens (including phenoxy) is 3. The molecule has 0 radical (unpaired) electrons. The van der Waals surface area contributed by atoms with E-state index in [1.165, 1.54) is 12.1 Å².